The maximum Gasteiger partial charge on any atom is 0.326 e. The Kier molecular flexibility index (Phi) is 5.83. The molecule has 0 aromatic heterocycles. The van der Waals surface area contributed by atoms with Crippen LogP contribution in [0.4, 0.5) is 9.59 Å². The average molecular weight is 368 g/mol. The zero-order valence-corrected chi connectivity index (χ0v) is 15.1. The van der Waals surface area contributed by atoms with E-state index in [0.29, 0.717) is 6.42 Å². The van der Waals surface area contributed by atoms with Crippen molar-refractivity contribution in [3.05, 3.63) is 0 Å². The van der Waals surface area contributed by atoms with E-state index in [0.717, 1.165) is 17.7 Å². The number of nitrogens with zero attached hydrogens (tertiary/aromatic N) is 1. The Morgan fingerprint density at radius 3 is 2.58 bits per heavy atom. The molecule has 2 rings (SSSR count). The highest BCUT2D eigenvalue weighted by molar-refractivity contribution is 6.09. The molecule has 1 aliphatic heterocycles. The summed E-state index contributed by atoms with van der Waals surface area (Å²) in [6.07, 6.45) is 2.39. The van der Waals surface area contributed by atoms with E-state index in [1.165, 1.54) is 0 Å². The fourth-order valence-corrected chi connectivity index (χ4v) is 2.64. The van der Waals surface area contributed by atoms with Crippen LogP contribution < -0.4 is 16.0 Å². The summed E-state index contributed by atoms with van der Waals surface area (Å²) >= 11 is 0. The Morgan fingerprint density at radius 2 is 2.00 bits per heavy atom. The number of esters is 1. The van der Waals surface area contributed by atoms with Crippen LogP contribution in [0.3, 0.4) is 0 Å². The van der Waals surface area contributed by atoms with Gasteiger partial charge in [-0.05, 0) is 39.0 Å². The quantitative estimate of drug-likeness (QED) is 0.423. The standard InChI is InChI=1S/C16H24N4O6/c1-4-9(2)17-14(24)18-11(21)8-26-12(22)7-20-13(23)16(3,10-5-6-10)19-15(20)25/h9-10H,4-8H2,1-3H3,(H,19,25)(H2,17,18,21,24)/t9-,16+/m0/s1. The molecule has 0 unspecified atom stereocenters. The summed E-state index contributed by atoms with van der Waals surface area (Å²) in [5.41, 5.74) is -0.983. The van der Waals surface area contributed by atoms with Crippen molar-refractivity contribution in [1.29, 1.82) is 0 Å². The van der Waals surface area contributed by atoms with Crippen LogP contribution >= 0.6 is 0 Å². The fraction of sp³-hybridized carbons (Fsp3) is 0.688. The molecule has 2 fully saturated rings. The highest BCUT2D eigenvalue weighted by atomic mass is 16.5. The molecule has 1 saturated heterocycles. The highest BCUT2D eigenvalue weighted by Crippen LogP contribution is 2.42. The minimum Gasteiger partial charge on any atom is -0.454 e. The Labute approximate surface area is 151 Å². The summed E-state index contributed by atoms with van der Waals surface area (Å²) in [6, 6.07) is -1.45. The molecule has 1 saturated carbocycles. The van der Waals surface area contributed by atoms with Crippen LogP contribution in [-0.2, 0) is 19.1 Å². The number of hydrogen-bond donors (Lipinski definition) is 3. The van der Waals surface area contributed by atoms with Crippen LogP contribution in [0.25, 0.3) is 0 Å². The second-order valence-corrected chi connectivity index (χ2v) is 6.79. The fourth-order valence-electron chi connectivity index (χ4n) is 2.64. The van der Waals surface area contributed by atoms with E-state index in [1.807, 2.05) is 12.2 Å². The molecule has 10 nitrogen and oxygen atoms in total. The zero-order chi connectivity index (χ0) is 19.5. The van der Waals surface area contributed by atoms with Crippen LogP contribution in [-0.4, -0.2) is 59.5 Å². The molecular formula is C16H24N4O6. The van der Waals surface area contributed by atoms with E-state index in [-0.39, 0.29) is 12.0 Å². The molecule has 144 valence electrons. The Bertz CT molecular complexity index is 632. The van der Waals surface area contributed by atoms with Gasteiger partial charge in [-0.1, -0.05) is 6.92 Å². The molecule has 2 atom stereocenters. The molecule has 10 heteroatoms. The Balaban J connectivity index is 1.76. The Morgan fingerprint density at radius 1 is 1.35 bits per heavy atom. The zero-order valence-electron chi connectivity index (χ0n) is 15.1. The van der Waals surface area contributed by atoms with Gasteiger partial charge in [-0.2, -0.15) is 0 Å². The van der Waals surface area contributed by atoms with Gasteiger partial charge >= 0.3 is 18.0 Å². The van der Waals surface area contributed by atoms with Crippen molar-refractivity contribution < 1.29 is 28.7 Å². The summed E-state index contributed by atoms with van der Waals surface area (Å²) < 4.78 is 4.73. The van der Waals surface area contributed by atoms with Crippen LogP contribution in [0, 0.1) is 5.92 Å². The van der Waals surface area contributed by atoms with Crippen molar-refractivity contribution in [3.8, 4) is 0 Å². The number of amides is 6. The molecule has 1 heterocycles. The lowest BCUT2D eigenvalue weighted by Gasteiger charge is -2.20. The first-order valence-corrected chi connectivity index (χ1v) is 8.57. The van der Waals surface area contributed by atoms with E-state index >= 15 is 0 Å². The van der Waals surface area contributed by atoms with Crippen molar-refractivity contribution in [2.24, 2.45) is 5.92 Å². The topological polar surface area (TPSA) is 134 Å². The first-order valence-electron chi connectivity index (χ1n) is 8.57. The van der Waals surface area contributed by atoms with Crippen molar-refractivity contribution in [2.75, 3.05) is 13.2 Å². The molecular weight excluding hydrogens is 344 g/mol. The number of nitrogens with one attached hydrogen (secondary N) is 3. The second kappa shape index (κ2) is 7.71. The largest absolute Gasteiger partial charge is 0.454 e. The van der Waals surface area contributed by atoms with E-state index in [9.17, 15) is 24.0 Å². The SMILES string of the molecule is CC[C@H](C)NC(=O)NC(=O)COC(=O)CN1C(=O)N[C@](C)(C2CC2)C1=O. The van der Waals surface area contributed by atoms with Crippen molar-refractivity contribution in [2.45, 2.75) is 51.6 Å². The monoisotopic (exact) mass is 368 g/mol. The Hall–Kier alpha value is -2.65. The normalized spacial score (nSPS) is 23.3. The van der Waals surface area contributed by atoms with Crippen molar-refractivity contribution in [1.82, 2.24) is 20.9 Å². The van der Waals surface area contributed by atoms with Crippen LogP contribution in [0.1, 0.15) is 40.0 Å². The third kappa shape index (κ3) is 4.50. The summed E-state index contributed by atoms with van der Waals surface area (Å²) in [6.45, 7) is 4.02. The minimum absolute atomic E-state index is 0.0785. The molecule has 0 bridgehead atoms. The lowest BCUT2D eigenvalue weighted by Crippen LogP contribution is -2.46. The third-order valence-corrected chi connectivity index (χ3v) is 4.59. The maximum absolute atomic E-state index is 12.4. The van der Waals surface area contributed by atoms with E-state index in [1.54, 1.807) is 13.8 Å². The summed E-state index contributed by atoms with van der Waals surface area (Å²) in [5, 5.41) is 7.16. The van der Waals surface area contributed by atoms with E-state index in [2.05, 4.69) is 10.6 Å². The molecule has 0 radical (unpaired) electrons. The maximum atomic E-state index is 12.4. The van der Waals surface area contributed by atoms with Gasteiger partial charge in [-0.15, -0.1) is 0 Å². The molecule has 2 aliphatic rings. The summed E-state index contributed by atoms with van der Waals surface area (Å²) in [4.78, 5) is 60.0. The first kappa shape index (κ1) is 19.7. The summed E-state index contributed by atoms with van der Waals surface area (Å²) in [7, 11) is 0. The lowest BCUT2D eigenvalue weighted by atomic mass is 9.96. The molecule has 0 spiro atoms. The number of carbonyl (C=O) groups is 5. The van der Waals surface area contributed by atoms with Gasteiger partial charge in [0.05, 0.1) is 0 Å². The van der Waals surface area contributed by atoms with Crippen molar-refractivity contribution in [3.63, 3.8) is 0 Å². The minimum atomic E-state index is -0.983. The molecule has 1 aliphatic carbocycles. The van der Waals surface area contributed by atoms with Crippen molar-refractivity contribution >= 4 is 29.8 Å². The number of hydrogen-bond acceptors (Lipinski definition) is 6. The van der Waals surface area contributed by atoms with Gasteiger partial charge in [0.15, 0.2) is 6.61 Å². The molecule has 3 N–H and O–H groups in total. The van der Waals surface area contributed by atoms with Gasteiger partial charge in [0.2, 0.25) is 0 Å². The van der Waals surface area contributed by atoms with Crippen LogP contribution in [0.2, 0.25) is 0 Å². The number of ether oxygens (including phenoxy) is 1. The predicted octanol–water partition coefficient (Wildman–Crippen LogP) is -0.126. The highest BCUT2D eigenvalue weighted by Gasteiger charge is 2.56. The number of imide groups is 2. The molecule has 0 aromatic carbocycles. The van der Waals surface area contributed by atoms with Gasteiger partial charge in [-0.3, -0.25) is 24.6 Å². The van der Waals surface area contributed by atoms with Gasteiger partial charge in [-0.25, -0.2) is 9.59 Å². The van der Waals surface area contributed by atoms with Gasteiger partial charge in [0.25, 0.3) is 11.8 Å². The van der Waals surface area contributed by atoms with Crippen LogP contribution in [0.5, 0.6) is 0 Å². The van der Waals surface area contributed by atoms with Gasteiger partial charge in [0, 0.05) is 6.04 Å². The molecule has 0 aromatic rings. The number of rotatable bonds is 7. The number of carbonyl (C=O) groups excluding carboxylic acids is 5. The second-order valence-electron chi connectivity index (χ2n) is 6.79. The first-order chi connectivity index (χ1) is 12.2. The predicted molar refractivity (Wildman–Crippen MR) is 88.8 cm³/mol. The third-order valence-electron chi connectivity index (χ3n) is 4.59. The average Bonchev–Trinajstić information content (AvgIpc) is 3.39. The molecule has 26 heavy (non-hydrogen) atoms. The summed E-state index contributed by atoms with van der Waals surface area (Å²) in [5.74, 6) is -2.11. The molecule has 6 amide bonds. The smallest absolute Gasteiger partial charge is 0.326 e. The van der Waals surface area contributed by atoms with Gasteiger partial charge in [0.1, 0.15) is 12.1 Å². The van der Waals surface area contributed by atoms with Crippen LogP contribution in [0.15, 0.2) is 0 Å². The van der Waals surface area contributed by atoms with E-state index < -0.39 is 48.5 Å². The lowest BCUT2D eigenvalue weighted by molar-refractivity contribution is -0.150. The number of urea groups is 2. The van der Waals surface area contributed by atoms with E-state index in [4.69, 9.17) is 4.74 Å². The van der Waals surface area contributed by atoms with Gasteiger partial charge < -0.3 is 15.4 Å².